The molecule has 35 heteroatoms. The Morgan fingerprint density at radius 3 is 2.11 bits per heavy atom. The number of esters is 1. The van der Waals surface area contributed by atoms with Crippen molar-refractivity contribution in [3.05, 3.63) is 139 Å². The molecule has 4 N–H and O–H groups in total. The minimum Gasteiger partial charge on any atom is -0.489 e. The predicted molar refractivity (Wildman–Crippen MR) is 340 cm³/mol. The van der Waals surface area contributed by atoms with Crippen LogP contribution < -0.4 is 19.9 Å². The summed E-state index contributed by atoms with van der Waals surface area (Å²) in [5.74, 6) is -2.94. The molecule has 2 aromatic heterocycles. The van der Waals surface area contributed by atoms with Crippen LogP contribution in [0.5, 0.6) is 5.75 Å². The third kappa shape index (κ3) is 22.5. The number of benzene rings is 4. The Hall–Kier alpha value is -6.18. The molecule has 4 aromatic carbocycles. The first-order valence-electron chi connectivity index (χ1n) is 27.8. The minimum atomic E-state index is -4.71. The van der Waals surface area contributed by atoms with Crippen molar-refractivity contribution in [2.75, 3.05) is 55.1 Å². The number of rotatable bonds is 18. The molecule has 6 aromatic rings. The van der Waals surface area contributed by atoms with E-state index in [0.717, 1.165) is 73.3 Å². The summed E-state index contributed by atoms with van der Waals surface area (Å²) in [6.07, 6.45) is -6.01. The monoisotopic (exact) mass is 1510 g/mol. The third-order valence-corrected chi connectivity index (χ3v) is 16.6. The molecule has 516 valence electrons. The van der Waals surface area contributed by atoms with Gasteiger partial charge in [-0.15, -0.1) is 11.6 Å². The van der Waals surface area contributed by atoms with Gasteiger partial charge in [-0.05, 0) is 123 Å². The fourth-order valence-corrected chi connectivity index (χ4v) is 11.6. The Balaban J connectivity index is 0.000000257. The number of carboxylic acid groups (broad SMARTS) is 1. The summed E-state index contributed by atoms with van der Waals surface area (Å²) in [5.41, 5.74) is 0.701. The van der Waals surface area contributed by atoms with Crippen molar-refractivity contribution in [3.63, 3.8) is 0 Å². The van der Waals surface area contributed by atoms with Gasteiger partial charge in [0.15, 0.2) is 31.9 Å². The van der Waals surface area contributed by atoms with E-state index in [0.29, 0.717) is 41.5 Å². The highest BCUT2D eigenvalue weighted by molar-refractivity contribution is 9.10. The van der Waals surface area contributed by atoms with Gasteiger partial charge < -0.3 is 43.4 Å². The van der Waals surface area contributed by atoms with Crippen molar-refractivity contribution < 1.29 is 101 Å². The van der Waals surface area contributed by atoms with Crippen molar-refractivity contribution in [3.8, 4) is 17.0 Å². The SMILES string of the molecule is CC(C)OC(=O)c1cc(-c2nn(C)c(C(F)(F)F)c2Br)c(F)cc1Cl.CC1COc2ccccc2N1C(=O)C(Cl)Cl.CCc1cccc(C)c1N(C(=O)CCl)C(C)COC.CS(=O)(=O)c1cc(C(F)(F)F)ccc1C(=O)c1cnoc1C1CC1.O=C(O)CNCP(=O)(O)O. The molecule has 1 aliphatic heterocycles. The molecule has 2 atom stereocenters. The van der Waals surface area contributed by atoms with E-state index < -0.39 is 97.7 Å². The van der Waals surface area contributed by atoms with Crippen molar-refractivity contribution in [2.45, 2.75) is 107 Å². The van der Waals surface area contributed by atoms with Crippen LogP contribution in [-0.2, 0) is 64.1 Å². The number of halogens is 12. The van der Waals surface area contributed by atoms with Crippen LogP contribution >= 0.6 is 69.9 Å². The standard InChI is InChI=1S/C15H12BrClF4N2O2.C15H22ClNO2.C15H12F3NO4S.C11H11Cl2NO2.C3H8NO5P/c1-6(2)25-14(24)7-4-8(10(18)5-9(7)17)12-11(16)13(15(19,20)21)23(3)22-12;1-5-13-8-6-7-11(2)15(13)17(14(18)9-16)12(3)10-19-4;1-24(21,22)12-6-9(15(16,17)18)4-5-10(12)13(20)11-7-19-23-14(11)8-2-3-8;1-7-6-16-9-5-3-2-4-8(9)14(7)11(15)10(12)13;5-3(6)1-4-2-10(7,8)9/h4-6H,1-3H3;6-8,12H,5,9-10H2,1-4H3;4-8H,2-3H2,1H3;2-5,7,10H,6H2,1H3;4H,1-2H2,(H,5,6)(H2,7,8,9). The minimum absolute atomic E-state index is 0.0223. The Labute approximate surface area is 564 Å². The number of alkyl halides is 9. The summed E-state index contributed by atoms with van der Waals surface area (Å²) < 4.78 is 147. The molecule has 1 fully saturated rings. The van der Waals surface area contributed by atoms with Crippen LogP contribution in [0.25, 0.3) is 11.3 Å². The zero-order valence-electron chi connectivity index (χ0n) is 51.4. The number of fused-ring (bicyclic) bond motifs is 1. The molecule has 2 amide bonds. The van der Waals surface area contributed by atoms with Gasteiger partial charge in [0.25, 0.3) is 5.91 Å². The van der Waals surface area contributed by atoms with E-state index in [1.54, 1.807) is 30.8 Å². The van der Waals surface area contributed by atoms with E-state index in [-0.39, 0.29) is 68.7 Å². The molecule has 0 spiro atoms. The number of sulfone groups is 1. The normalized spacial score (nSPS) is 14.1. The molecule has 94 heavy (non-hydrogen) atoms. The van der Waals surface area contributed by atoms with Crippen LogP contribution in [0.4, 0.5) is 42.1 Å². The number of anilines is 2. The number of amides is 2. The van der Waals surface area contributed by atoms with Crippen LogP contribution in [-0.4, -0.2) is 136 Å². The van der Waals surface area contributed by atoms with Gasteiger partial charge >= 0.3 is 31.9 Å². The zero-order chi connectivity index (χ0) is 71.1. The molecule has 1 saturated carbocycles. The quantitative estimate of drug-likeness (QED) is 0.0204. The second kappa shape index (κ2) is 34.7. The third-order valence-electron chi connectivity index (χ3n) is 13.1. The number of hydrogen-bond acceptors (Lipinski definition) is 15. The molecular weight excluding hydrogens is 1450 g/mol. The number of aliphatic carboxylic acids is 1. The number of carbonyl (C=O) groups excluding carboxylic acids is 4. The van der Waals surface area contributed by atoms with Crippen LogP contribution in [0, 0.1) is 12.7 Å². The van der Waals surface area contributed by atoms with E-state index in [9.17, 15) is 67.7 Å². The molecule has 3 heterocycles. The maximum atomic E-state index is 14.3. The fourth-order valence-electron chi connectivity index (χ4n) is 8.91. The number of para-hydroxylation sites is 3. The average Bonchev–Trinajstić information content (AvgIpc) is 1.51. The van der Waals surface area contributed by atoms with Crippen molar-refractivity contribution in [1.82, 2.24) is 20.3 Å². The molecule has 2 unspecified atom stereocenters. The van der Waals surface area contributed by atoms with Gasteiger partial charge in [0, 0.05) is 37.5 Å². The highest BCUT2D eigenvalue weighted by atomic mass is 79.9. The maximum Gasteiger partial charge on any atom is 0.434 e. The molecule has 0 saturated heterocycles. The number of aryl methyl sites for hydroxylation is 3. The van der Waals surface area contributed by atoms with Crippen LogP contribution in [0.3, 0.4) is 0 Å². The summed E-state index contributed by atoms with van der Waals surface area (Å²) in [6, 6.07) is 17.2. The van der Waals surface area contributed by atoms with E-state index in [4.69, 9.17) is 80.0 Å². The highest BCUT2D eigenvalue weighted by Crippen LogP contribution is 2.44. The van der Waals surface area contributed by atoms with Crippen molar-refractivity contribution in [1.29, 1.82) is 0 Å². The van der Waals surface area contributed by atoms with Crippen molar-refractivity contribution >= 4 is 121 Å². The molecular formula is C59H65BrCl4F7N6O15PS. The zero-order valence-corrected chi connectivity index (χ0v) is 57.7. The Kier molecular flexibility index (Phi) is 29.6. The van der Waals surface area contributed by atoms with Gasteiger partial charge in [-0.25, -0.2) is 17.6 Å². The Bertz CT molecular complexity index is 3840. The largest absolute Gasteiger partial charge is 0.489 e. The lowest BCUT2D eigenvalue weighted by atomic mass is 10.0. The summed E-state index contributed by atoms with van der Waals surface area (Å²) in [4.78, 5) is 76.5. The van der Waals surface area contributed by atoms with Gasteiger partial charge in [0.2, 0.25) is 5.91 Å². The first-order chi connectivity index (χ1) is 43.6. The molecule has 0 radical (unpaired) electrons. The molecule has 8 rings (SSSR count). The van der Waals surface area contributed by atoms with Crippen LogP contribution in [0.15, 0.2) is 92.9 Å². The number of ketones is 1. The van der Waals surface area contributed by atoms with Gasteiger partial charge in [-0.2, -0.15) is 31.4 Å². The van der Waals surface area contributed by atoms with Crippen molar-refractivity contribution in [2.24, 2.45) is 7.05 Å². The maximum absolute atomic E-state index is 14.3. The Morgan fingerprint density at radius 1 is 0.947 bits per heavy atom. The summed E-state index contributed by atoms with van der Waals surface area (Å²) in [6.45, 7) is 11.7. The second-order valence-electron chi connectivity index (χ2n) is 21.0. The lowest BCUT2D eigenvalue weighted by molar-refractivity contribution is -0.144. The van der Waals surface area contributed by atoms with E-state index in [2.05, 4.69) is 44.5 Å². The smallest absolute Gasteiger partial charge is 0.434 e. The van der Waals surface area contributed by atoms with E-state index in [1.165, 1.54) is 6.20 Å². The predicted octanol–water partition coefficient (Wildman–Crippen LogP) is 13.0. The van der Waals surface area contributed by atoms with Gasteiger partial charge in [0.05, 0.1) is 86.3 Å². The first kappa shape index (κ1) is 80.3. The van der Waals surface area contributed by atoms with Gasteiger partial charge in [-0.3, -0.25) is 33.7 Å². The Morgan fingerprint density at radius 2 is 1.59 bits per heavy atom. The molecule has 21 nitrogen and oxygen atoms in total. The topological polar surface area (TPSA) is 287 Å². The second-order valence-corrected chi connectivity index (χ2v) is 27.2. The van der Waals surface area contributed by atoms with Gasteiger partial charge in [-0.1, -0.05) is 77.2 Å². The molecule has 0 bridgehead atoms. The number of nitrogens with zero attached hydrogens (tertiary/aromatic N) is 5. The molecule has 2 aliphatic rings. The number of hydrogen-bond donors (Lipinski definition) is 4. The van der Waals surface area contributed by atoms with Crippen LogP contribution in [0.2, 0.25) is 5.02 Å². The summed E-state index contributed by atoms with van der Waals surface area (Å²) in [5, 5.41) is 17.1. The number of methoxy groups -OCH3 is 1. The van der Waals surface area contributed by atoms with E-state index in [1.807, 2.05) is 57.2 Å². The molecule has 1 aliphatic carbocycles. The first-order valence-corrected chi connectivity index (χ1v) is 34.0. The lowest BCUT2D eigenvalue weighted by Gasteiger charge is -2.35. The highest BCUT2D eigenvalue weighted by Gasteiger charge is 2.40. The number of carboxylic acids is 1. The lowest BCUT2D eigenvalue weighted by Crippen LogP contribution is -2.47. The number of ether oxygens (including phenoxy) is 3. The summed E-state index contributed by atoms with van der Waals surface area (Å²) >= 11 is 25.7. The number of carbonyl (C=O) groups is 5. The fraction of sp³-hybridized carbons (Fsp3) is 0.407. The van der Waals surface area contributed by atoms with Crippen LogP contribution in [0.1, 0.15) is 108 Å². The van der Waals surface area contributed by atoms with Gasteiger partial charge in [0.1, 0.15) is 29.7 Å². The summed E-state index contributed by atoms with van der Waals surface area (Å²) in [7, 11) is -5.42. The number of nitrogens with one attached hydrogen (secondary N) is 1. The average molecular weight is 1520 g/mol. The number of aromatic nitrogens is 3. The van der Waals surface area contributed by atoms with E-state index >= 15 is 0 Å².